The molecule has 1 fully saturated rings. The highest BCUT2D eigenvalue weighted by Gasteiger charge is 2.31. The Kier molecular flexibility index (Phi) is 7.63. The van der Waals surface area contributed by atoms with E-state index in [9.17, 15) is 9.90 Å². The van der Waals surface area contributed by atoms with Crippen LogP contribution < -0.4 is 5.32 Å². The number of piperazine rings is 1. The van der Waals surface area contributed by atoms with Crippen molar-refractivity contribution in [1.82, 2.24) is 15.1 Å². The summed E-state index contributed by atoms with van der Waals surface area (Å²) in [6, 6.07) is 0.677. The molecule has 1 heterocycles. The van der Waals surface area contributed by atoms with E-state index in [1.54, 1.807) is 6.92 Å². The van der Waals surface area contributed by atoms with Gasteiger partial charge in [0.05, 0.1) is 0 Å². The van der Waals surface area contributed by atoms with Crippen LogP contribution in [-0.4, -0.2) is 71.7 Å². The molecule has 0 amide bonds. The first kappa shape index (κ1) is 18.4. The molecule has 124 valence electrons. The van der Waals surface area contributed by atoms with Gasteiger partial charge in [0.25, 0.3) is 0 Å². The van der Waals surface area contributed by atoms with Crippen LogP contribution in [0, 0.1) is 0 Å². The fraction of sp³-hybridized carbons (Fsp3) is 0.938. The molecule has 0 bridgehead atoms. The van der Waals surface area contributed by atoms with Crippen molar-refractivity contribution in [2.24, 2.45) is 0 Å². The van der Waals surface area contributed by atoms with Gasteiger partial charge < -0.3 is 15.3 Å². The third kappa shape index (κ3) is 5.57. The van der Waals surface area contributed by atoms with E-state index in [1.165, 1.54) is 6.42 Å². The zero-order valence-electron chi connectivity index (χ0n) is 14.2. The Morgan fingerprint density at radius 1 is 1.29 bits per heavy atom. The summed E-state index contributed by atoms with van der Waals surface area (Å²) in [4.78, 5) is 16.4. The van der Waals surface area contributed by atoms with Crippen molar-refractivity contribution in [3.8, 4) is 0 Å². The number of nitrogens with one attached hydrogen (secondary N) is 1. The molecule has 2 unspecified atom stereocenters. The second-order valence-electron chi connectivity index (χ2n) is 6.41. The number of carboxylic acids is 1. The predicted octanol–water partition coefficient (Wildman–Crippen LogP) is 1.64. The van der Waals surface area contributed by atoms with E-state index in [0.717, 1.165) is 39.1 Å². The molecule has 0 spiro atoms. The highest BCUT2D eigenvalue weighted by molar-refractivity contribution is 5.78. The number of rotatable bonds is 9. The molecule has 0 aliphatic carbocycles. The third-order valence-corrected chi connectivity index (χ3v) is 4.81. The molecule has 5 heteroatoms. The lowest BCUT2D eigenvalue weighted by atomic mass is 9.95. The van der Waals surface area contributed by atoms with Crippen LogP contribution in [0.25, 0.3) is 0 Å². The summed E-state index contributed by atoms with van der Waals surface area (Å²) >= 11 is 0. The van der Waals surface area contributed by atoms with E-state index in [2.05, 4.69) is 29.0 Å². The summed E-state index contributed by atoms with van der Waals surface area (Å²) in [5, 5.41) is 12.4. The molecule has 0 aromatic rings. The van der Waals surface area contributed by atoms with Crippen LogP contribution in [0.2, 0.25) is 0 Å². The third-order valence-electron chi connectivity index (χ3n) is 4.81. The Morgan fingerprint density at radius 2 is 1.90 bits per heavy atom. The van der Waals surface area contributed by atoms with Gasteiger partial charge in [0.15, 0.2) is 0 Å². The summed E-state index contributed by atoms with van der Waals surface area (Å²) < 4.78 is 0. The standard InChI is InChI=1S/C16H33N3O2/c1-5-14(3)19-12-10-18(11-13-19)9-7-8-16(4,15(20)21)17-6-2/h14,17H,5-13H2,1-4H3,(H,20,21). The Hall–Kier alpha value is -0.650. The van der Waals surface area contributed by atoms with Crippen LogP contribution in [0.3, 0.4) is 0 Å². The molecule has 2 N–H and O–H groups in total. The smallest absolute Gasteiger partial charge is 0.323 e. The zero-order valence-corrected chi connectivity index (χ0v) is 14.2. The summed E-state index contributed by atoms with van der Waals surface area (Å²) in [6.07, 6.45) is 2.82. The number of nitrogens with zero attached hydrogens (tertiary/aromatic N) is 2. The summed E-state index contributed by atoms with van der Waals surface area (Å²) in [6.45, 7) is 14.5. The molecule has 1 aliphatic heterocycles. The molecule has 21 heavy (non-hydrogen) atoms. The van der Waals surface area contributed by atoms with Crippen molar-refractivity contribution < 1.29 is 9.90 Å². The van der Waals surface area contributed by atoms with Gasteiger partial charge in [-0.05, 0) is 46.2 Å². The maximum Gasteiger partial charge on any atom is 0.323 e. The minimum absolute atomic E-state index is 0.677. The first-order valence-electron chi connectivity index (χ1n) is 8.37. The molecule has 2 atom stereocenters. The van der Waals surface area contributed by atoms with Gasteiger partial charge in [0, 0.05) is 32.2 Å². The summed E-state index contributed by atoms with van der Waals surface area (Å²) in [5.41, 5.74) is -0.784. The Morgan fingerprint density at radius 3 is 2.38 bits per heavy atom. The van der Waals surface area contributed by atoms with Crippen LogP contribution in [0.4, 0.5) is 0 Å². The number of carbonyl (C=O) groups is 1. The SMILES string of the molecule is CCNC(C)(CCCN1CCN(C(C)CC)CC1)C(=O)O. The van der Waals surface area contributed by atoms with Crippen LogP contribution in [-0.2, 0) is 4.79 Å². The normalized spacial score (nSPS) is 21.9. The number of hydrogen-bond donors (Lipinski definition) is 2. The van der Waals surface area contributed by atoms with Crippen LogP contribution in [0.5, 0.6) is 0 Å². The first-order chi connectivity index (χ1) is 9.92. The Bertz CT molecular complexity index is 317. The average molecular weight is 299 g/mol. The molecule has 1 saturated heterocycles. The van der Waals surface area contributed by atoms with E-state index in [-0.39, 0.29) is 0 Å². The largest absolute Gasteiger partial charge is 0.480 e. The van der Waals surface area contributed by atoms with Gasteiger partial charge in [-0.3, -0.25) is 9.69 Å². The fourth-order valence-corrected chi connectivity index (χ4v) is 3.00. The van der Waals surface area contributed by atoms with Crippen molar-refractivity contribution in [3.05, 3.63) is 0 Å². The Balaban J connectivity index is 2.29. The molecular weight excluding hydrogens is 266 g/mol. The zero-order chi connectivity index (χ0) is 15.9. The van der Waals surface area contributed by atoms with Crippen molar-refractivity contribution in [2.75, 3.05) is 39.3 Å². The number of hydrogen-bond acceptors (Lipinski definition) is 4. The fourth-order valence-electron chi connectivity index (χ4n) is 3.00. The van der Waals surface area contributed by atoms with Crippen molar-refractivity contribution in [1.29, 1.82) is 0 Å². The summed E-state index contributed by atoms with van der Waals surface area (Å²) in [5.74, 6) is -0.745. The lowest BCUT2D eigenvalue weighted by Crippen LogP contribution is -2.51. The second-order valence-corrected chi connectivity index (χ2v) is 6.41. The molecule has 0 saturated carbocycles. The van der Waals surface area contributed by atoms with Crippen LogP contribution in [0.15, 0.2) is 0 Å². The number of aliphatic carboxylic acids is 1. The van der Waals surface area contributed by atoms with E-state index < -0.39 is 11.5 Å². The van der Waals surface area contributed by atoms with Gasteiger partial charge in [-0.2, -0.15) is 0 Å². The molecule has 0 aromatic carbocycles. The minimum atomic E-state index is -0.784. The lowest BCUT2D eigenvalue weighted by Gasteiger charge is -2.38. The van der Waals surface area contributed by atoms with Gasteiger partial charge in [-0.1, -0.05) is 13.8 Å². The predicted molar refractivity (Wildman–Crippen MR) is 86.7 cm³/mol. The average Bonchev–Trinajstić information content (AvgIpc) is 2.47. The monoisotopic (exact) mass is 299 g/mol. The minimum Gasteiger partial charge on any atom is -0.480 e. The van der Waals surface area contributed by atoms with Gasteiger partial charge >= 0.3 is 5.97 Å². The summed E-state index contributed by atoms with van der Waals surface area (Å²) in [7, 11) is 0. The second kappa shape index (κ2) is 8.71. The van der Waals surface area contributed by atoms with Crippen molar-refractivity contribution >= 4 is 5.97 Å². The number of likely N-dealkylation sites (N-methyl/N-ethyl adjacent to an activating group) is 1. The van der Waals surface area contributed by atoms with Crippen molar-refractivity contribution in [2.45, 2.75) is 58.5 Å². The van der Waals surface area contributed by atoms with E-state index >= 15 is 0 Å². The first-order valence-corrected chi connectivity index (χ1v) is 8.37. The van der Waals surface area contributed by atoms with Gasteiger partial charge in [-0.25, -0.2) is 0 Å². The van der Waals surface area contributed by atoms with Crippen molar-refractivity contribution in [3.63, 3.8) is 0 Å². The van der Waals surface area contributed by atoms with Crippen LogP contribution in [0.1, 0.15) is 47.0 Å². The molecular formula is C16H33N3O2. The Labute approximate surface area is 129 Å². The maximum atomic E-state index is 11.4. The lowest BCUT2D eigenvalue weighted by molar-refractivity contribution is -0.144. The van der Waals surface area contributed by atoms with Gasteiger partial charge in [-0.15, -0.1) is 0 Å². The molecule has 0 radical (unpaired) electrons. The van der Waals surface area contributed by atoms with Gasteiger partial charge in [0.1, 0.15) is 5.54 Å². The quantitative estimate of drug-likeness (QED) is 0.678. The maximum absolute atomic E-state index is 11.4. The van der Waals surface area contributed by atoms with Crippen LogP contribution >= 0.6 is 0 Å². The highest BCUT2D eigenvalue weighted by Crippen LogP contribution is 2.15. The molecule has 1 aliphatic rings. The van der Waals surface area contributed by atoms with E-state index in [0.29, 0.717) is 19.0 Å². The van der Waals surface area contributed by atoms with Gasteiger partial charge in [0.2, 0.25) is 0 Å². The van der Waals surface area contributed by atoms with E-state index in [4.69, 9.17) is 0 Å². The number of carboxylic acid groups (broad SMARTS) is 1. The molecule has 1 rings (SSSR count). The topological polar surface area (TPSA) is 55.8 Å². The molecule has 5 nitrogen and oxygen atoms in total. The highest BCUT2D eigenvalue weighted by atomic mass is 16.4. The van der Waals surface area contributed by atoms with E-state index in [1.807, 2.05) is 6.92 Å². The molecule has 0 aromatic heterocycles.